The molecule has 146 valence electrons. The summed E-state index contributed by atoms with van der Waals surface area (Å²) in [6.45, 7) is 0.985. The zero-order valence-electron chi connectivity index (χ0n) is 16.0. The average molecular weight is 382 g/mol. The molecule has 2 aliphatic rings. The lowest BCUT2D eigenvalue weighted by Crippen LogP contribution is -2.45. The molecule has 28 heavy (non-hydrogen) atoms. The van der Waals surface area contributed by atoms with E-state index in [-0.39, 0.29) is 11.8 Å². The summed E-state index contributed by atoms with van der Waals surface area (Å²) in [7, 11) is 3.44. The molecule has 1 atom stereocenters. The van der Waals surface area contributed by atoms with Gasteiger partial charge in [-0.3, -0.25) is 9.59 Å². The molecule has 0 N–H and O–H groups in total. The molecule has 0 aliphatic carbocycles. The zero-order valence-corrected chi connectivity index (χ0v) is 16.0. The molecule has 5 nitrogen and oxygen atoms in total. The Balaban J connectivity index is 1.55. The van der Waals surface area contributed by atoms with Crippen LogP contribution in [-0.4, -0.2) is 48.8 Å². The molecule has 6 heteroatoms. The van der Waals surface area contributed by atoms with Gasteiger partial charge in [0.15, 0.2) is 6.10 Å². The molecule has 0 radical (unpaired) electrons. The molecule has 0 aromatic heterocycles. The molecular formula is C22H23FN2O3. The minimum absolute atomic E-state index is 0.0809. The third kappa shape index (κ3) is 3.07. The third-order valence-corrected chi connectivity index (χ3v) is 5.67. The van der Waals surface area contributed by atoms with Crippen LogP contribution >= 0.6 is 0 Å². The summed E-state index contributed by atoms with van der Waals surface area (Å²) in [5.74, 6) is -0.679. The number of benzene rings is 2. The number of likely N-dealkylation sites (tertiary alicyclic amines) is 1. The first-order valence-corrected chi connectivity index (χ1v) is 9.44. The Bertz CT molecular complexity index is 920. The van der Waals surface area contributed by atoms with Crippen molar-refractivity contribution in [1.29, 1.82) is 0 Å². The molecule has 2 heterocycles. The normalized spacial score (nSPS) is 20.1. The largest absolute Gasteiger partial charge is 0.352 e. The van der Waals surface area contributed by atoms with Crippen LogP contribution in [0.4, 0.5) is 4.39 Å². The summed E-state index contributed by atoms with van der Waals surface area (Å²) in [5, 5.41) is 0. The molecule has 1 fully saturated rings. The first-order chi connectivity index (χ1) is 13.4. The van der Waals surface area contributed by atoms with Gasteiger partial charge in [-0.1, -0.05) is 30.3 Å². The van der Waals surface area contributed by atoms with Crippen molar-refractivity contribution in [2.75, 3.05) is 27.2 Å². The molecule has 1 unspecified atom stereocenters. The van der Waals surface area contributed by atoms with E-state index >= 15 is 0 Å². The van der Waals surface area contributed by atoms with Gasteiger partial charge >= 0.3 is 0 Å². The smallest absolute Gasteiger partial charge is 0.255 e. The Morgan fingerprint density at radius 3 is 2.50 bits per heavy atom. The SMILES string of the molecule is CN(C)C(=O)C1OC2(CCN(C(=O)c3cccc(F)c3)CC2)c2ccccc21. The number of hydrogen-bond donors (Lipinski definition) is 0. The summed E-state index contributed by atoms with van der Waals surface area (Å²) in [6, 6.07) is 13.6. The van der Waals surface area contributed by atoms with E-state index in [4.69, 9.17) is 4.74 Å². The summed E-state index contributed by atoms with van der Waals surface area (Å²) < 4.78 is 19.8. The van der Waals surface area contributed by atoms with Gasteiger partial charge < -0.3 is 14.5 Å². The van der Waals surface area contributed by atoms with E-state index in [1.165, 1.54) is 12.1 Å². The minimum Gasteiger partial charge on any atom is -0.352 e. The highest BCUT2D eigenvalue weighted by Crippen LogP contribution is 2.49. The van der Waals surface area contributed by atoms with Crippen molar-refractivity contribution in [3.8, 4) is 0 Å². The molecule has 1 spiro atoms. The van der Waals surface area contributed by atoms with Gasteiger partial charge in [0.05, 0.1) is 5.60 Å². The number of hydrogen-bond acceptors (Lipinski definition) is 3. The number of rotatable bonds is 2. The lowest BCUT2D eigenvalue weighted by molar-refractivity contribution is -0.157. The number of carbonyl (C=O) groups is 2. The molecule has 0 saturated carbocycles. The van der Waals surface area contributed by atoms with E-state index in [0.29, 0.717) is 31.5 Å². The van der Waals surface area contributed by atoms with E-state index in [9.17, 15) is 14.0 Å². The monoisotopic (exact) mass is 382 g/mol. The molecule has 4 rings (SSSR count). The van der Waals surface area contributed by atoms with E-state index < -0.39 is 17.5 Å². The van der Waals surface area contributed by atoms with Crippen molar-refractivity contribution in [2.24, 2.45) is 0 Å². The highest BCUT2D eigenvalue weighted by molar-refractivity contribution is 5.94. The van der Waals surface area contributed by atoms with Crippen LogP contribution in [0.25, 0.3) is 0 Å². The van der Waals surface area contributed by atoms with Gasteiger partial charge in [0.1, 0.15) is 5.82 Å². The molecular weight excluding hydrogens is 359 g/mol. The standard InChI is InChI=1S/C22H23FN2O3/c1-24(2)21(27)19-17-8-3-4-9-18(17)22(28-19)10-12-25(13-11-22)20(26)15-6-5-7-16(23)14-15/h3-9,14,19H,10-13H2,1-2H3. The fourth-order valence-corrected chi connectivity index (χ4v) is 4.17. The van der Waals surface area contributed by atoms with Crippen molar-refractivity contribution in [1.82, 2.24) is 9.80 Å². The predicted octanol–water partition coefficient (Wildman–Crippen LogP) is 3.12. The van der Waals surface area contributed by atoms with Gasteiger partial charge in [-0.25, -0.2) is 4.39 Å². The predicted molar refractivity (Wildman–Crippen MR) is 102 cm³/mol. The van der Waals surface area contributed by atoms with Crippen molar-refractivity contribution < 1.29 is 18.7 Å². The van der Waals surface area contributed by atoms with Crippen molar-refractivity contribution in [3.05, 3.63) is 71.0 Å². The number of nitrogens with zero attached hydrogens (tertiary/aromatic N) is 2. The Morgan fingerprint density at radius 2 is 1.82 bits per heavy atom. The first kappa shape index (κ1) is 18.6. The van der Waals surface area contributed by atoms with Crippen LogP contribution in [0.15, 0.2) is 48.5 Å². The molecule has 2 aliphatic heterocycles. The molecule has 1 saturated heterocycles. The first-order valence-electron chi connectivity index (χ1n) is 9.44. The fourth-order valence-electron chi connectivity index (χ4n) is 4.17. The van der Waals surface area contributed by atoms with Crippen molar-refractivity contribution >= 4 is 11.8 Å². The van der Waals surface area contributed by atoms with E-state index in [1.54, 1.807) is 36.0 Å². The van der Waals surface area contributed by atoms with Crippen LogP contribution in [0.5, 0.6) is 0 Å². The maximum atomic E-state index is 13.5. The Kier molecular flexibility index (Phi) is 4.67. The second kappa shape index (κ2) is 7.02. The van der Waals surface area contributed by atoms with Gasteiger partial charge in [0.2, 0.25) is 0 Å². The quantitative estimate of drug-likeness (QED) is 0.802. The molecule has 2 aromatic rings. The highest BCUT2D eigenvalue weighted by Gasteiger charge is 2.49. The van der Waals surface area contributed by atoms with Gasteiger partial charge in [-0.2, -0.15) is 0 Å². The molecule has 0 bridgehead atoms. The molecule has 2 amide bonds. The third-order valence-electron chi connectivity index (χ3n) is 5.67. The number of carbonyl (C=O) groups excluding carboxylic acids is 2. The van der Waals surface area contributed by atoms with Crippen LogP contribution in [0.2, 0.25) is 0 Å². The van der Waals surface area contributed by atoms with Crippen molar-refractivity contribution in [3.63, 3.8) is 0 Å². The summed E-state index contributed by atoms with van der Waals surface area (Å²) in [6.07, 6.45) is 0.585. The van der Waals surface area contributed by atoms with E-state index in [2.05, 4.69) is 0 Å². The zero-order chi connectivity index (χ0) is 19.9. The van der Waals surface area contributed by atoms with Gasteiger partial charge in [-0.05, 0) is 42.2 Å². The van der Waals surface area contributed by atoms with Crippen LogP contribution in [0, 0.1) is 5.82 Å². The summed E-state index contributed by atoms with van der Waals surface area (Å²) in [4.78, 5) is 28.6. The second-order valence-electron chi connectivity index (χ2n) is 7.61. The van der Waals surface area contributed by atoms with Crippen molar-refractivity contribution in [2.45, 2.75) is 24.5 Å². The number of piperidine rings is 1. The number of amides is 2. The average Bonchev–Trinajstić information content (AvgIpc) is 3.02. The number of likely N-dealkylation sites (N-methyl/N-ethyl adjacent to an activating group) is 1. The van der Waals surface area contributed by atoms with Crippen LogP contribution < -0.4 is 0 Å². The fraction of sp³-hybridized carbons (Fsp3) is 0.364. The topological polar surface area (TPSA) is 49.9 Å². The van der Waals surface area contributed by atoms with Crippen LogP contribution in [-0.2, 0) is 15.1 Å². The highest BCUT2D eigenvalue weighted by atomic mass is 19.1. The summed E-state index contributed by atoms with van der Waals surface area (Å²) in [5.41, 5.74) is 1.73. The lowest BCUT2D eigenvalue weighted by Gasteiger charge is -2.39. The maximum Gasteiger partial charge on any atom is 0.255 e. The Hall–Kier alpha value is -2.73. The summed E-state index contributed by atoms with van der Waals surface area (Å²) >= 11 is 0. The number of fused-ring (bicyclic) bond motifs is 2. The maximum absolute atomic E-state index is 13.5. The number of ether oxygens (including phenoxy) is 1. The van der Waals surface area contributed by atoms with Gasteiger partial charge in [-0.15, -0.1) is 0 Å². The van der Waals surface area contributed by atoms with E-state index in [1.807, 2.05) is 24.3 Å². The van der Waals surface area contributed by atoms with E-state index in [0.717, 1.165) is 11.1 Å². The minimum atomic E-state index is -0.614. The Morgan fingerprint density at radius 1 is 1.11 bits per heavy atom. The number of halogens is 1. The van der Waals surface area contributed by atoms with Gasteiger partial charge in [0, 0.05) is 32.7 Å². The Labute approximate surface area is 163 Å². The van der Waals surface area contributed by atoms with Gasteiger partial charge in [0.25, 0.3) is 11.8 Å². The second-order valence-corrected chi connectivity index (χ2v) is 7.61. The molecule has 2 aromatic carbocycles. The van der Waals surface area contributed by atoms with Crippen LogP contribution in [0.1, 0.15) is 40.4 Å². The lowest BCUT2D eigenvalue weighted by atomic mass is 9.83. The van der Waals surface area contributed by atoms with Crippen LogP contribution in [0.3, 0.4) is 0 Å².